The zero-order chi connectivity index (χ0) is 21.8. The smallest absolute Gasteiger partial charge is 0.362 e. The van der Waals surface area contributed by atoms with Crippen LogP contribution in [0.25, 0.3) is 0 Å². The van der Waals surface area contributed by atoms with Crippen molar-refractivity contribution in [1.82, 2.24) is 0 Å². The topological polar surface area (TPSA) is 55.4 Å². The summed E-state index contributed by atoms with van der Waals surface area (Å²) < 4.78 is 36.6. The summed E-state index contributed by atoms with van der Waals surface area (Å²) in [5, 5.41) is 0. The molecule has 0 aliphatic carbocycles. The zero-order valence-corrected chi connectivity index (χ0v) is 22.2. The highest BCUT2D eigenvalue weighted by Crippen LogP contribution is 2.26. The minimum atomic E-state index is -3.48. The quantitative estimate of drug-likeness (QED) is 0.106. The van der Waals surface area contributed by atoms with Crippen molar-refractivity contribution in [3.63, 3.8) is 0 Å². The van der Waals surface area contributed by atoms with E-state index in [2.05, 4.69) is 34.6 Å². The Morgan fingerprint density at radius 1 is 0.483 bits per heavy atom. The SMILES string of the molecule is CCCCO[Si](Cl)(OCCCC)O[Si](OCCCC)(OCCCC)OCCCC. The summed E-state index contributed by atoms with van der Waals surface area (Å²) in [7, 11) is -6.96. The van der Waals surface area contributed by atoms with Crippen molar-refractivity contribution in [3.8, 4) is 0 Å². The van der Waals surface area contributed by atoms with E-state index in [4.69, 9.17) is 37.3 Å². The third-order valence-electron chi connectivity index (χ3n) is 4.12. The second kappa shape index (κ2) is 19.2. The molecule has 0 aliphatic heterocycles. The van der Waals surface area contributed by atoms with Crippen molar-refractivity contribution in [2.75, 3.05) is 33.0 Å². The number of hydrogen-bond donors (Lipinski definition) is 0. The van der Waals surface area contributed by atoms with E-state index in [1.807, 2.05) is 0 Å². The lowest BCUT2D eigenvalue weighted by molar-refractivity contribution is -0.0260. The highest BCUT2D eigenvalue weighted by molar-refractivity contribution is 7.11. The monoisotopic (exact) mass is 472 g/mol. The molecule has 0 bridgehead atoms. The van der Waals surface area contributed by atoms with E-state index < -0.39 is 17.2 Å². The van der Waals surface area contributed by atoms with Gasteiger partial charge in [-0.15, -0.1) is 0 Å². The Morgan fingerprint density at radius 2 is 0.759 bits per heavy atom. The number of halogens is 1. The maximum absolute atomic E-state index is 6.80. The molecule has 0 aromatic heterocycles. The van der Waals surface area contributed by atoms with Gasteiger partial charge in [0.25, 0.3) is 0 Å². The van der Waals surface area contributed by atoms with Crippen LogP contribution in [-0.2, 0) is 26.2 Å². The normalized spacial score (nSPS) is 12.6. The van der Waals surface area contributed by atoms with E-state index in [0.717, 1.165) is 64.2 Å². The molecule has 0 unspecified atom stereocenters. The lowest BCUT2D eigenvalue weighted by Gasteiger charge is -2.34. The molecule has 6 nitrogen and oxygen atoms in total. The van der Waals surface area contributed by atoms with Crippen LogP contribution < -0.4 is 0 Å². The highest BCUT2D eigenvalue weighted by atomic mass is 35.6. The Labute approximate surface area is 186 Å². The summed E-state index contributed by atoms with van der Waals surface area (Å²) in [5.74, 6) is 0. The molecule has 0 rings (SSSR count). The fourth-order valence-electron chi connectivity index (χ4n) is 2.16. The minimum absolute atomic E-state index is 0.488. The van der Waals surface area contributed by atoms with Crippen molar-refractivity contribution in [2.45, 2.75) is 98.8 Å². The first kappa shape index (κ1) is 29.5. The van der Waals surface area contributed by atoms with Gasteiger partial charge in [0, 0.05) is 33.0 Å². The summed E-state index contributed by atoms with van der Waals surface area (Å²) in [5.41, 5.74) is 0. The van der Waals surface area contributed by atoms with Gasteiger partial charge >= 0.3 is 17.2 Å². The molecule has 0 aromatic carbocycles. The van der Waals surface area contributed by atoms with Crippen molar-refractivity contribution < 1.29 is 26.2 Å². The standard InChI is InChI=1S/C20H45ClO6Si2/c1-6-11-16-22-28(21,23-17-12-7-2)27-29(24-18-13-8-3,25-19-14-9-4)26-20-15-10-5/h6-20H2,1-5H3. The fraction of sp³-hybridized carbons (Fsp3) is 1.00. The van der Waals surface area contributed by atoms with E-state index in [1.165, 1.54) is 0 Å². The van der Waals surface area contributed by atoms with Crippen molar-refractivity contribution in [2.24, 2.45) is 0 Å². The molecule has 0 amide bonds. The van der Waals surface area contributed by atoms with Crippen LogP contribution in [0.15, 0.2) is 0 Å². The molecule has 0 N–H and O–H groups in total. The molecule has 0 fully saturated rings. The van der Waals surface area contributed by atoms with E-state index >= 15 is 0 Å². The summed E-state index contributed by atoms with van der Waals surface area (Å²) in [6, 6.07) is 0. The Balaban J connectivity index is 5.42. The highest BCUT2D eigenvalue weighted by Gasteiger charge is 2.57. The largest absolute Gasteiger partial charge is 0.673 e. The number of rotatable bonds is 22. The fourth-order valence-corrected chi connectivity index (χ4v) is 8.14. The molecule has 0 spiro atoms. The van der Waals surface area contributed by atoms with Crippen LogP contribution in [0.1, 0.15) is 98.8 Å². The second-order valence-corrected chi connectivity index (χ2v) is 12.7. The molecule has 0 saturated heterocycles. The third kappa shape index (κ3) is 15.0. The third-order valence-corrected chi connectivity index (χ3v) is 10.2. The molecule has 0 saturated carbocycles. The summed E-state index contributed by atoms with van der Waals surface area (Å²) in [6.45, 7) is 13.1. The molecule has 0 atom stereocenters. The van der Waals surface area contributed by atoms with Gasteiger partial charge in [-0.3, -0.25) is 0 Å². The first-order chi connectivity index (χ1) is 14.0. The summed E-state index contributed by atoms with van der Waals surface area (Å²) in [6.07, 6.45) is 9.52. The van der Waals surface area contributed by atoms with E-state index in [0.29, 0.717) is 33.0 Å². The Bertz CT molecular complexity index is 329. The van der Waals surface area contributed by atoms with Gasteiger partial charge in [0.05, 0.1) is 0 Å². The van der Waals surface area contributed by atoms with Crippen LogP contribution in [0, 0.1) is 0 Å². The molecule has 29 heavy (non-hydrogen) atoms. The zero-order valence-electron chi connectivity index (χ0n) is 19.4. The minimum Gasteiger partial charge on any atom is -0.362 e. The lowest BCUT2D eigenvalue weighted by Crippen LogP contribution is -2.58. The Morgan fingerprint density at radius 3 is 1.03 bits per heavy atom. The van der Waals surface area contributed by atoms with Crippen LogP contribution in [0.2, 0.25) is 0 Å². The molecule has 176 valence electrons. The lowest BCUT2D eigenvalue weighted by atomic mass is 10.4. The maximum atomic E-state index is 6.80. The van der Waals surface area contributed by atoms with E-state index in [1.54, 1.807) is 0 Å². The first-order valence-corrected chi connectivity index (χ1v) is 16.0. The summed E-state index contributed by atoms with van der Waals surface area (Å²) >= 11 is 6.80. The molecule has 9 heteroatoms. The molecule has 0 aromatic rings. The molecular weight excluding hydrogens is 428 g/mol. The van der Waals surface area contributed by atoms with Gasteiger partial charge in [-0.1, -0.05) is 77.8 Å². The molecule has 0 radical (unpaired) electrons. The van der Waals surface area contributed by atoms with E-state index in [9.17, 15) is 0 Å². The Kier molecular flexibility index (Phi) is 19.5. The van der Waals surface area contributed by atoms with Gasteiger partial charge < -0.3 is 26.2 Å². The van der Waals surface area contributed by atoms with Gasteiger partial charge in [-0.05, 0) is 32.1 Å². The average Bonchev–Trinajstić information content (AvgIpc) is 2.69. The van der Waals surface area contributed by atoms with E-state index in [-0.39, 0.29) is 0 Å². The van der Waals surface area contributed by atoms with Gasteiger partial charge in [-0.2, -0.15) is 0 Å². The molecular formula is C20H45ClO6Si2. The van der Waals surface area contributed by atoms with Gasteiger partial charge in [0.1, 0.15) is 0 Å². The predicted octanol–water partition coefficient (Wildman–Crippen LogP) is 6.20. The van der Waals surface area contributed by atoms with Crippen LogP contribution in [-0.4, -0.2) is 50.2 Å². The van der Waals surface area contributed by atoms with Crippen LogP contribution in [0.3, 0.4) is 0 Å². The maximum Gasteiger partial charge on any atom is 0.673 e. The number of unbranched alkanes of at least 4 members (excludes halogenated alkanes) is 5. The van der Waals surface area contributed by atoms with Crippen molar-refractivity contribution >= 4 is 28.2 Å². The Hall–Kier alpha value is 0.484. The van der Waals surface area contributed by atoms with Gasteiger partial charge in [-0.25, -0.2) is 0 Å². The second-order valence-electron chi connectivity index (χ2n) is 7.09. The molecule has 0 aliphatic rings. The van der Waals surface area contributed by atoms with Crippen LogP contribution >= 0.6 is 11.1 Å². The number of hydrogen-bond acceptors (Lipinski definition) is 6. The predicted molar refractivity (Wildman–Crippen MR) is 123 cm³/mol. The van der Waals surface area contributed by atoms with Crippen LogP contribution in [0.5, 0.6) is 0 Å². The average molecular weight is 473 g/mol. The van der Waals surface area contributed by atoms with Gasteiger partial charge in [0.2, 0.25) is 0 Å². The first-order valence-electron chi connectivity index (χ1n) is 11.6. The van der Waals surface area contributed by atoms with Crippen molar-refractivity contribution in [3.05, 3.63) is 0 Å². The van der Waals surface area contributed by atoms with Crippen molar-refractivity contribution in [1.29, 1.82) is 0 Å². The summed E-state index contributed by atoms with van der Waals surface area (Å²) in [4.78, 5) is 0. The van der Waals surface area contributed by atoms with Gasteiger partial charge in [0.15, 0.2) is 0 Å². The molecule has 0 heterocycles. The van der Waals surface area contributed by atoms with Crippen LogP contribution in [0.4, 0.5) is 0 Å².